The molecule has 1 fully saturated rings. The summed E-state index contributed by atoms with van der Waals surface area (Å²) in [5.74, 6) is 1.64. The van der Waals surface area contributed by atoms with E-state index in [-0.39, 0.29) is 0 Å². The molecule has 1 aliphatic rings. The van der Waals surface area contributed by atoms with E-state index < -0.39 is 0 Å². The number of rotatable bonds is 5. The van der Waals surface area contributed by atoms with Crippen LogP contribution in [0.4, 0.5) is 0 Å². The van der Waals surface area contributed by atoms with Gasteiger partial charge in [-0.2, -0.15) is 0 Å². The molecular formula is C13H25N. The highest BCUT2D eigenvalue weighted by molar-refractivity contribution is 5.04. The molecule has 0 atom stereocenters. The standard InChI is InChI=1S/C13H25N/c1-11(2)9-14-10-12(3)8-13-6-4-5-7-13/h8,11,13-14H,4-7,9-10H2,1-3H3. The molecule has 1 N–H and O–H groups in total. The van der Waals surface area contributed by atoms with Crippen molar-refractivity contribution < 1.29 is 0 Å². The second kappa shape index (κ2) is 6.23. The van der Waals surface area contributed by atoms with E-state index in [9.17, 15) is 0 Å². The van der Waals surface area contributed by atoms with Gasteiger partial charge in [-0.15, -0.1) is 0 Å². The van der Waals surface area contributed by atoms with Crippen molar-refractivity contribution in [3.05, 3.63) is 11.6 Å². The highest BCUT2D eigenvalue weighted by Crippen LogP contribution is 2.26. The molecule has 1 heteroatoms. The maximum atomic E-state index is 3.49. The number of hydrogen-bond acceptors (Lipinski definition) is 1. The van der Waals surface area contributed by atoms with E-state index in [0.717, 1.165) is 24.9 Å². The third kappa shape index (κ3) is 4.80. The summed E-state index contributed by atoms with van der Waals surface area (Å²) in [5.41, 5.74) is 1.53. The van der Waals surface area contributed by atoms with Crippen LogP contribution in [0.25, 0.3) is 0 Å². The van der Waals surface area contributed by atoms with Gasteiger partial charge in [0.25, 0.3) is 0 Å². The van der Waals surface area contributed by atoms with Crippen LogP contribution in [-0.4, -0.2) is 13.1 Å². The smallest absolute Gasteiger partial charge is 0.0162 e. The summed E-state index contributed by atoms with van der Waals surface area (Å²) in [6.07, 6.45) is 8.20. The first-order chi connectivity index (χ1) is 6.68. The Labute approximate surface area is 89.0 Å². The molecule has 1 rings (SSSR count). The maximum absolute atomic E-state index is 3.49. The lowest BCUT2D eigenvalue weighted by atomic mass is 10.0. The van der Waals surface area contributed by atoms with Gasteiger partial charge in [0.2, 0.25) is 0 Å². The fourth-order valence-corrected chi connectivity index (χ4v) is 2.14. The SMILES string of the molecule is CC(=CC1CCCC1)CNCC(C)C. The van der Waals surface area contributed by atoms with Gasteiger partial charge in [0.05, 0.1) is 0 Å². The largest absolute Gasteiger partial charge is 0.313 e. The van der Waals surface area contributed by atoms with Gasteiger partial charge >= 0.3 is 0 Å². The van der Waals surface area contributed by atoms with Crippen LogP contribution in [0.15, 0.2) is 11.6 Å². The summed E-state index contributed by atoms with van der Waals surface area (Å²) in [6, 6.07) is 0. The minimum atomic E-state index is 0.759. The van der Waals surface area contributed by atoms with Crippen molar-refractivity contribution in [2.75, 3.05) is 13.1 Å². The molecule has 0 aromatic rings. The van der Waals surface area contributed by atoms with Gasteiger partial charge in [0, 0.05) is 6.54 Å². The van der Waals surface area contributed by atoms with E-state index in [1.165, 1.54) is 31.3 Å². The lowest BCUT2D eigenvalue weighted by Crippen LogP contribution is -2.21. The fourth-order valence-electron chi connectivity index (χ4n) is 2.14. The van der Waals surface area contributed by atoms with Gasteiger partial charge < -0.3 is 5.32 Å². The van der Waals surface area contributed by atoms with Crippen molar-refractivity contribution in [3.63, 3.8) is 0 Å². The van der Waals surface area contributed by atoms with Crippen molar-refractivity contribution in [1.29, 1.82) is 0 Å². The first-order valence-electron chi connectivity index (χ1n) is 6.06. The van der Waals surface area contributed by atoms with E-state index in [4.69, 9.17) is 0 Å². The summed E-state index contributed by atoms with van der Waals surface area (Å²) in [4.78, 5) is 0. The minimum Gasteiger partial charge on any atom is -0.313 e. The molecular weight excluding hydrogens is 170 g/mol. The molecule has 1 saturated carbocycles. The molecule has 0 aromatic heterocycles. The molecule has 0 amide bonds. The maximum Gasteiger partial charge on any atom is 0.0162 e. The normalized spacial score (nSPS) is 19.6. The van der Waals surface area contributed by atoms with E-state index in [1.54, 1.807) is 0 Å². The van der Waals surface area contributed by atoms with Crippen molar-refractivity contribution >= 4 is 0 Å². The van der Waals surface area contributed by atoms with Gasteiger partial charge in [-0.1, -0.05) is 38.3 Å². The zero-order valence-corrected chi connectivity index (χ0v) is 9.97. The Balaban J connectivity index is 2.16. The van der Waals surface area contributed by atoms with Crippen molar-refractivity contribution in [2.24, 2.45) is 11.8 Å². The summed E-state index contributed by atoms with van der Waals surface area (Å²) in [6.45, 7) is 8.97. The zero-order valence-electron chi connectivity index (χ0n) is 9.97. The first-order valence-corrected chi connectivity index (χ1v) is 6.06. The van der Waals surface area contributed by atoms with Crippen molar-refractivity contribution in [2.45, 2.75) is 46.5 Å². The molecule has 0 bridgehead atoms. The van der Waals surface area contributed by atoms with E-state index in [1.807, 2.05) is 0 Å². The monoisotopic (exact) mass is 195 g/mol. The molecule has 0 radical (unpaired) electrons. The second-order valence-electron chi connectivity index (χ2n) is 5.08. The Morgan fingerprint density at radius 3 is 2.57 bits per heavy atom. The number of allylic oxidation sites excluding steroid dienone is 1. The lowest BCUT2D eigenvalue weighted by Gasteiger charge is -2.09. The molecule has 82 valence electrons. The Morgan fingerprint density at radius 1 is 1.36 bits per heavy atom. The highest BCUT2D eigenvalue weighted by Gasteiger charge is 2.11. The van der Waals surface area contributed by atoms with E-state index in [2.05, 4.69) is 32.2 Å². The summed E-state index contributed by atoms with van der Waals surface area (Å²) >= 11 is 0. The molecule has 0 aromatic carbocycles. The van der Waals surface area contributed by atoms with Crippen molar-refractivity contribution in [3.8, 4) is 0 Å². The summed E-state index contributed by atoms with van der Waals surface area (Å²) in [7, 11) is 0. The fraction of sp³-hybridized carbons (Fsp3) is 0.846. The second-order valence-corrected chi connectivity index (χ2v) is 5.08. The van der Waals surface area contributed by atoms with E-state index >= 15 is 0 Å². The molecule has 0 spiro atoms. The van der Waals surface area contributed by atoms with Crippen LogP contribution in [0.3, 0.4) is 0 Å². The third-order valence-corrected chi connectivity index (χ3v) is 2.88. The molecule has 14 heavy (non-hydrogen) atoms. The topological polar surface area (TPSA) is 12.0 Å². The predicted octanol–water partition coefficient (Wildman–Crippen LogP) is 3.37. The van der Waals surface area contributed by atoms with E-state index in [0.29, 0.717) is 0 Å². The van der Waals surface area contributed by atoms with Gasteiger partial charge in [0.1, 0.15) is 0 Å². The molecule has 0 heterocycles. The molecule has 0 unspecified atom stereocenters. The Kier molecular flexibility index (Phi) is 5.24. The average Bonchev–Trinajstić information content (AvgIpc) is 2.56. The van der Waals surface area contributed by atoms with Crippen molar-refractivity contribution in [1.82, 2.24) is 5.32 Å². The van der Waals surface area contributed by atoms with Crippen LogP contribution in [0.5, 0.6) is 0 Å². The van der Waals surface area contributed by atoms with Crippen LogP contribution < -0.4 is 5.32 Å². The van der Waals surface area contributed by atoms with Gasteiger partial charge in [-0.3, -0.25) is 0 Å². The van der Waals surface area contributed by atoms with Crippen LogP contribution in [0.2, 0.25) is 0 Å². The molecule has 1 nitrogen and oxygen atoms in total. The Bertz CT molecular complexity index is 176. The summed E-state index contributed by atoms with van der Waals surface area (Å²) < 4.78 is 0. The number of hydrogen-bond donors (Lipinski definition) is 1. The Morgan fingerprint density at radius 2 is 2.00 bits per heavy atom. The average molecular weight is 195 g/mol. The Hall–Kier alpha value is -0.300. The predicted molar refractivity (Wildman–Crippen MR) is 63.4 cm³/mol. The molecule has 0 saturated heterocycles. The first kappa shape index (κ1) is 11.8. The minimum absolute atomic E-state index is 0.759. The summed E-state index contributed by atoms with van der Waals surface area (Å²) in [5, 5.41) is 3.49. The van der Waals surface area contributed by atoms with Crippen LogP contribution in [0.1, 0.15) is 46.5 Å². The van der Waals surface area contributed by atoms with Crippen LogP contribution >= 0.6 is 0 Å². The molecule has 1 aliphatic carbocycles. The van der Waals surface area contributed by atoms with Crippen LogP contribution in [-0.2, 0) is 0 Å². The van der Waals surface area contributed by atoms with Gasteiger partial charge in [0.15, 0.2) is 0 Å². The highest BCUT2D eigenvalue weighted by atomic mass is 14.8. The number of nitrogens with one attached hydrogen (secondary N) is 1. The lowest BCUT2D eigenvalue weighted by molar-refractivity contribution is 0.568. The van der Waals surface area contributed by atoms with Crippen LogP contribution in [0, 0.1) is 11.8 Å². The zero-order chi connectivity index (χ0) is 10.4. The van der Waals surface area contributed by atoms with Gasteiger partial charge in [-0.25, -0.2) is 0 Å². The molecule has 0 aliphatic heterocycles. The third-order valence-electron chi connectivity index (χ3n) is 2.88. The van der Waals surface area contributed by atoms with Gasteiger partial charge in [-0.05, 0) is 38.1 Å². The quantitative estimate of drug-likeness (QED) is 0.663.